The lowest BCUT2D eigenvalue weighted by Gasteiger charge is -2.10. The fourth-order valence-corrected chi connectivity index (χ4v) is 1.88. The van der Waals surface area contributed by atoms with Gasteiger partial charge in [0, 0.05) is 19.6 Å². The van der Waals surface area contributed by atoms with Gasteiger partial charge in [-0.05, 0) is 29.8 Å². The van der Waals surface area contributed by atoms with Crippen molar-refractivity contribution in [1.82, 2.24) is 15.1 Å². The van der Waals surface area contributed by atoms with Gasteiger partial charge < -0.3 is 15.5 Å². The number of aryl methyl sites for hydroxylation is 2. The Kier molecular flexibility index (Phi) is 5.40. The van der Waals surface area contributed by atoms with Crippen LogP contribution in [0.1, 0.15) is 18.3 Å². The van der Waals surface area contributed by atoms with Gasteiger partial charge in [0.1, 0.15) is 0 Å². The Morgan fingerprint density at radius 1 is 1.56 bits per heavy atom. The fraction of sp³-hybridized carbons (Fsp3) is 0.700. The molecule has 0 aliphatic rings. The summed E-state index contributed by atoms with van der Waals surface area (Å²) in [4.78, 5) is 0. The first-order chi connectivity index (χ1) is 7.60. The molecule has 92 valence electrons. The molecule has 0 aliphatic heterocycles. The molecule has 0 amide bonds. The monoisotopic (exact) mass is 291 g/mol. The predicted molar refractivity (Wildman–Crippen MR) is 65.1 cm³/mol. The molecule has 5 nitrogen and oxygen atoms in total. The second-order valence-corrected chi connectivity index (χ2v) is 4.42. The van der Waals surface area contributed by atoms with Gasteiger partial charge >= 0.3 is 0 Å². The molecule has 1 heterocycles. The molecule has 0 spiro atoms. The molecule has 0 bridgehead atoms. The van der Waals surface area contributed by atoms with Gasteiger partial charge in [0.25, 0.3) is 0 Å². The van der Waals surface area contributed by atoms with Crippen molar-refractivity contribution in [3.05, 3.63) is 15.9 Å². The van der Waals surface area contributed by atoms with Crippen LogP contribution in [0.25, 0.3) is 0 Å². The van der Waals surface area contributed by atoms with Crippen molar-refractivity contribution < 1.29 is 10.2 Å². The summed E-state index contributed by atoms with van der Waals surface area (Å²) in [5.41, 5.74) is 2.02. The highest BCUT2D eigenvalue weighted by Gasteiger charge is 2.11. The number of nitrogens with one attached hydrogen (secondary N) is 1. The fourth-order valence-electron chi connectivity index (χ4n) is 1.46. The van der Waals surface area contributed by atoms with Crippen LogP contribution in [0.3, 0.4) is 0 Å². The molecule has 0 fully saturated rings. The summed E-state index contributed by atoms with van der Waals surface area (Å²) in [5.74, 6) is 0. The Morgan fingerprint density at radius 3 is 2.81 bits per heavy atom. The van der Waals surface area contributed by atoms with Crippen LogP contribution in [0.4, 0.5) is 0 Å². The van der Waals surface area contributed by atoms with E-state index in [2.05, 4.69) is 26.3 Å². The van der Waals surface area contributed by atoms with Gasteiger partial charge in [-0.25, -0.2) is 0 Å². The van der Waals surface area contributed by atoms with Crippen LogP contribution < -0.4 is 5.32 Å². The van der Waals surface area contributed by atoms with E-state index < -0.39 is 6.10 Å². The van der Waals surface area contributed by atoms with Crippen molar-refractivity contribution in [3.8, 4) is 0 Å². The van der Waals surface area contributed by atoms with E-state index in [1.807, 2.05) is 18.5 Å². The average Bonchev–Trinajstić information content (AvgIpc) is 2.56. The maximum Gasteiger partial charge on any atom is 0.0895 e. The average molecular weight is 292 g/mol. The van der Waals surface area contributed by atoms with Gasteiger partial charge in [-0.1, -0.05) is 0 Å². The van der Waals surface area contributed by atoms with Crippen LogP contribution in [0.5, 0.6) is 0 Å². The molecule has 0 aliphatic carbocycles. The van der Waals surface area contributed by atoms with E-state index >= 15 is 0 Å². The Morgan fingerprint density at radius 2 is 2.25 bits per heavy atom. The third-order valence-corrected chi connectivity index (χ3v) is 3.37. The molecule has 0 saturated carbocycles. The van der Waals surface area contributed by atoms with Crippen LogP contribution in [-0.4, -0.2) is 39.2 Å². The predicted octanol–water partition coefficient (Wildman–Crippen LogP) is 0.417. The van der Waals surface area contributed by atoms with E-state index in [1.54, 1.807) is 0 Å². The Bertz CT molecular complexity index is 341. The zero-order valence-corrected chi connectivity index (χ0v) is 11.2. The highest BCUT2D eigenvalue weighted by molar-refractivity contribution is 9.10. The molecule has 1 aromatic rings. The van der Waals surface area contributed by atoms with Gasteiger partial charge in [0.15, 0.2) is 0 Å². The number of aromatic nitrogens is 2. The van der Waals surface area contributed by atoms with Gasteiger partial charge in [0.2, 0.25) is 0 Å². The van der Waals surface area contributed by atoms with Crippen LogP contribution in [0, 0.1) is 6.92 Å². The Hall–Kier alpha value is -0.430. The van der Waals surface area contributed by atoms with Crippen molar-refractivity contribution in [1.29, 1.82) is 0 Å². The molecule has 0 saturated heterocycles. The van der Waals surface area contributed by atoms with E-state index in [4.69, 9.17) is 5.11 Å². The Balaban J connectivity index is 2.59. The molecule has 3 N–H and O–H groups in total. The summed E-state index contributed by atoms with van der Waals surface area (Å²) in [6.45, 7) is 5.56. The first-order valence-corrected chi connectivity index (χ1v) is 6.10. The third-order valence-electron chi connectivity index (χ3n) is 2.34. The maximum absolute atomic E-state index is 9.19. The van der Waals surface area contributed by atoms with Crippen LogP contribution in [0.2, 0.25) is 0 Å². The number of hydrogen-bond donors (Lipinski definition) is 3. The molecule has 1 unspecified atom stereocenters. The number of rotatable bonds is 6. The minimum atomic E-state index is -0.710. The number of nitrogens with zero attached hydrogens (tertiary/aromatic N) is 2. The summed E-state index contributed by atoms with van der Waals surface area (Å²) in [7, 11) is 0. The summed E-state index contributed by atoms with van der Waals surface area (Å²) < 4.78 is 2.91. The van der Waals surface area contributed by atoms with Crippen molar-refractivity contribution >= 4 is 15.9 Å². The summed E-state index contributed by atoms with van der Waals surface area (Å²) >= 11 is 3.49. The van der Waals surface area contributed by atoms with E-state index in [0.29, 0.717) is 13.1 Å². The Labute approximate surface area is 104 Å². The molecule has 1 atom stereocenters. The van der Waals surface area contributed by atoms with Crippen molar-refractivity contribution in [2.24, 2.45) is 0 Å². The molecule has 0 radical (unpaired) electrons. The van der Waals surface area contributed by atoms with Crippen molar-refractivity contribution in [3.63, 3.8) is 0 Å². The van der Waals surface area contributed by atoms with Gasteiger partial charge in [0.05, 0.1) is 28.6 Å². The van der Waals surface area contributed by atoms with E-state index in [0.717, 1.165) is 22.4 Å². The second-order valence-electron chi connectivity index (χ2n) is 3.63. The summed E-state index contributed by atoms with van der Waals surface area (Å²) in [6, 6.07) is 0. The molecule has 1 aromatic heterocycles. The minimum Gasteiger partial charge on any atom is -0.394 e. The summed E-state index contributed by atoms with van der Waals surface area (Å²) in [6.07, 6.45) is -0.710. The molecular weight excluding hydrogens is 274 g/mol. The van der Waals surface area contributed by atoms with Crippen molar-refractivity contribution in [2.45, 2.75) is 33.0 Å². The molecule has 6 heteroatoms. The number of aliphatic hydroxyl groups is 2. The number of halogens is 1. The number of aliphatic hydroxyl groups excluding tert-OH is 2. The van der Waals surface area contributed by atoms with Gasteiger partial charge in [-0.3, -0.25) is 4.68 Å². The lowest BCUT2D eigenvalue weighted by atomic mass is 10.3. The standard InChI is InChI=1S/C10H18BrN3O2/c1-3-14-9(10(11)7(2)13-14)5-12-4-8(16)6-15/h8,12,15-16H,3-6H2,1-2H3. The molecule has 1 rings (SSSR count). The van der Waals surface area contributed by atoms with Gasteiger partial charge in [-0.15, -0.1) is 0 Å². The maximum atomic E-state index is 9.19. The second kappa shape index (κ2) is 6.34. The summed E-state index contributed by atoms with van der Waals surface area (Å²) in [5, 5.41) is 25.3. The zero-order chi connectivity index (χ0) is 12.1. The third kappa shape index (κ3) is 3.28. The van der Waals surface area contributed by atoms with Crippen LogP contribution in [-0.2, 0) is 13.1 Å². The van der Waals surface area contributed by atoms with Crippen LogP contribution in [0.15, 0.2) is 4.47 Å². The molecule has 0 aromatic carbocycles. The van der Waals surface area contributed by atoms with Crippen molar-refractivity contribution in [2.75, 3.05) is 13.2 Å². The lowest BCUT2D eigenvalue weighted by molar-refractivity contribution is 0.0940. The van der Waals surface area contributed by atoms with E-state index in [-0.39, 0.29) is 6.61 Å². The normalized spacial score (nSPS) is 13.1. The smallest absolute Gasteiger partial charge is 0.0895 e. The SMILES string of the molecule is CCn1nc(C)c(Br)c1CNCC(O)CO. The van der Waals surface area contributed by atoms with E-state index in [9.17, 15) is 5.11 Å². The van der Waals surface area contributed by atoms with E-state index in [1.165, 1.54) is 0 Å². The highest BCUT2D eigenvalue weighted by Crippen LogP contribution is 2.20. The molecular formula is C10H18BrN3O2. The molecule has 16 heavy (non-hydrogen) atoms. The van der Waals surface area contributed by atoms with Crippen LogP contribution >= 0.6 is 15.9 Å². The van der Waals surface area contributed by atoms with Gasteiger partial charge in [-0.2, -0.15) is 5.10 Å². The first kappa shape index (κ1) is 13.6. The highest BCUT2D eigenvalue weighted by atomic mass is 79.9. The first-order valence-electron chi connectivity index (χ1n) is 5.31. The quantitative estimate of drug-likeness (QED) is 0.710. The minimum absolute atomic E-state index is 0.222. The zero-order valence-electron chi connectivity index (χ0n) is 9.57. The lowest BCUT2D eigenvalue weighted by Crippen LogP contribution is -2.29. The largest absolute Gasteiger partial charge is 0.394 e. The number of hydrogen-bond acceptors (Lipinski definition) is 4. The topological polar surface area (TPSA) is 70.3 Å².